The second-order valence-electron chi connectivity index (χ2n) is 4.73. The molecule has 0 aromatic carbocycles. The van der Waals surface area contributed by atoms with Crippen LogP contribution in [0.3, 0.4) is 0 Å². The van der Waals surface area contributed by atoms with E-state index in [4.69, 9.17) is 5.11 Å². The number of amides is 1. The van der Waals surface area contributed by atoms with E-state index in [2.05, 4.69) is 12.2 Å². The van der Waals surface area contributed by atoms with Crippen LogP contribution in [-0.2, 0) is 4.79 Å². The molecule has 0 fully saturated rings. The molecule has 0 saturated heterocycles. The number of carbonyl (C=O) groups excluding carboxylic acids is 1. The molecule has 3 atom stereocenters. The molecule has 0 bridgehead atoms. The maximum atomic E-state index is 12.0. The van der Waals surface area contributed by atoms with E-state index in [0.29, 0.717) is 0 Å². The molecular formula is C12H26N2O2. The van der Waals surface area contributed by atoms with Gasteiger partial charge in [-0.15, -0.1) is 0 Å². The van der Waals surface area contributed by atoms with Crippen LogP contribution in [0.4, 0.5) is 0 Å². The molecule has 4 heteroatoms. The van der Waals surface area contributed by atoms with Gasteiger partial charge in [-0.25, -0.2) is 0 Å². The lowest BCUT2D eigenvalue weighted by molar-refractivity contribution is -0.126. The zero-order valence-electron chi connectivity index (χ0n) is 11.2. The van der Waals surface area contributed by atoms with E-state index in [0.717, 1.165) is 12.8 Å². The summed E-state index contributed by atoms with van der Waals surface area (Å²) in [6.45, 7) is 6.03. The summed E-state index contributed by atoms with van der Waals surface area (Å²) in [4.78, 5) is 13.9. The molecule has 1 amide bonds. The van der Waals surface area contributed by atoms with Crippen LogP contribution in [0, 0.1) is 5.92 Å². The standard InChI is InChI=1S/C12H26N2O2/c1-6-7-11(14(4)5)12(16)13-10(3)9(2)8-15/h9-11,15H,6-8H2,1-5H3,(H,13,16). The van der Waals surface area contributed by atoms with Gasteiger partial charge in [0.05, 0.1) is 6.04 Å². The zero-order valence-corrected chi connectivity index (χ0v) is 11.2. The molecule has 0 aromatic heterocycles. The number of hydrogen-bond acceptors (Lipinski definition) is 3. The Labute approximate surface area is 99.0 Å². The Bertz CT molecular complexity index is 207. The van der Waals surface area contributed by atoms with Crippen LogP contribution < -0.4 is 5.32 Å². The lowest BCUT2D eigenvalue weighted by Gasteiger charge is -2.26. The Morgan fingerprint density at radius 3 is 2.31 bits per heavy atom. The third-order valence-electron chi connectivity index (χ3n) is 3.00. The third-order valence-corrected chi connectivity index (χ3v) is 3.00. The Morgan fingerprint density at radius 2 is 1.94 bits per heavy atom. The summed E-state index contributed by atoms with van der Waals surface area (Å²) < 4.78 is 0. The quantitative estimate of drug-likeness (QED) is 0.682. The Kier molecular flexibility index (Phi) is 7.34. The third kappa shape index (κ3) is 4.94. The Hall–Kier alpha value is -0.610. The number of nitrogens with one attached hydrogen (secondary N) is 1. The Morgan fingerprint density at radius 1 is 1.38 bits per heavy atom. The van der Waals surface area contributed by atoms with E-state index in [-0.39, 0.29) is 30.5 Å². The van der Waals surface area contributed by atoms with Crippen molar-refractivity contribution >= 4 is 5.91 Å². The van der Waals surface area contributed by atoms with Crippen LogP contribution in [0.1, 0.15) is 33.6 Å². The van der Waals surface area contributed by atoms with Gasteiger partial charge in [0.25, 0.3) is 0 Å². The summed E-state index contributed by atoms with van der Waals surface area (Å²) in [5.74, 6) is 0.146. The number of likely N-dealkylation sites (N-methyl/N-ethyl adjacent to an activating group) is 1. The first kappa shape index (κ1) is 15.4. The second-order valence-corrected chi connectivity index (χ2v) is 4.73. The first-order chi connectivity index (χ1) is 7.43. The molecular weight excluding hydrogens is 204 g/mol. The molecule has 96 valence electrons. The lowest BCUT2D eigenvalue weighted by Crippen LogP contribution is -2.48. The summed E-state index contributed by atoms with van der Waals surface area (Å²) in [6.07, 6.45) is 1.85. The summed E-state index contributed by atoms with van der Waals surface area (Å²) in [5, 5.41) is 12.0. The highest BCUT2D eigenvalue weighted by molar-refractivity contribution is 5.81. The topological polar surface area (TPSA) is 52.6 Å². The molecule has 0 radical (unpaired) electrons. The summed E-state index contributed by atoms with van der Waals surface area (Å²) >= 11 is 0. The van der Waals surface area contributed by atoms with Crippen molar-refractivity contribution in [3.63, 3.8) is 0 Å². The fourth-order valence-electron chi connectivity index (χ4n) is 1.52. The van der Waals surface area contributed by atoms with Gasteiger partial charge in [-0.2, -0.15) is 0 Å². The molecule has 0 spiro atoms. The summed E-state index contributed by atoms with van der Waals surface area (Å²) in [5.41, 5.74) is 0. The van der Waals surface area contributed by atoms with Gasteiger partial charge in [0.15, 0.2) is 0 Å². The van der Waals surface area contributed by atoms with Crippen molar-refractivity contribution in [2.45, 2.75) is 45.7 Å². The van der Waals surface area contributed by atoms with Crippen LogP contribution in [0.25, 0.3) is 0 Å². The highest BCUT2D eigenvalue weighted by Crippen LogP contribution is 2.06. The van der Waals surface area contributed by atoms with Gasteiger partial charge in [-0.05, 0) is 33.4 Å². The molecule has 4 nitrogen and oxygen atoms in total. The Balaban J connectivity index is 4.29. The van der Waals surface area contributed by atoms with Crippen LogP contribution >= 0.6 is 0 Å². The van der Waals surface area contributed by atoms with Crippen LogP contribution in [0.5, 0.6) is 0 Å². The number of carbonyl (C=O) groups is 1. The lowest BCUT2D eigenvalue weighted by atomic mass is 10.0. The normalized spacial score (nSPS) is 16.9. The van der Waals surface area contributed by atoms with Crippen LogP contribution in [-0.4, -0.2) is 48.7 Å². The molecule has 0 aliphatic rings. The predicted octanol–water partition coefficient (Wildman–Crippen LogP) is 0.850. The van der Waals surface area contributed by atoms with Gasteiger partial charge in [0, 0.05) is 12.6 Å². The zero-order chi connectivity index (χ0) is 12.7. The molecule has 0 rings (SSSR count). The molecule has 0 aliphatic heterocycles. The molecule has 3 unspecified atom stereocenters. The molecule has 0 aromatic rings. The number of hydrogen-bond donors (Lipinski definition) is 2. The SMILES string of the molecule is CCCC(C(=O)NC(C)C(C)CO)N(C)C. The van der Waals surface area contributed by atoms with E-state index in [1.807, 2.05) is 32.8 Å². The van der Waals surface area contributed by atoms with Gasteiger partial charge < -0.3 is 10.4 Å². The molecule has 0 heterocycles. The van der Waals surface area contributed by atoms with Gasteiger partial charge in [0.2, 0.25) is 5.91 Å². The number of nitrogens with zero attached hydrogens (tertiary/aromatic N) is 1. The van der Waals surface area contributed by atoms with Crippen molar-refractivity contribution in [3.05, 3.63) is 0 Å². The van der Waals surface area contributed by atoms with Crippen molar-refractivity contribution in [2.24, 2.45) is 5.92 Å². The average molecular weight is 230 g/mol. The van der Waals surface area contributed by atoms with E-state index in [9.17, 15) is 4.79 Å². The maximum Gasteiger partial charge on any atom is 0.237 e. The molecule has 2 N–H and O–H groups in total. The minimum absolute atomic E-state index is 0.0109. The first-order valence-corrected chi connectivity index (χ1v) is 6.01. The number of aliphatic hydroxyl groups is 1. The van der Waals surface area contributed by atoms with Crippen molar-refractivity contribution in [1.29, 1.82) is 0 Å². The first-order valence-electron chi connectivity index (χ1n) is 6.01. The minimum atomic E-state index is -0.0710. The maximum absolute atomic E-state index is 12.0. The smallest absolute Gasteiger partial charge is 0.237 e. The summed E-state index contributed by atoms with van der Waals surface area (Å²) in [6, 6.07) is -0.0600. The van der Waals surface area contributed by atoms with Gasteiger partial charge in [-0.1, -0.05) is 20.3 Å². The van der Waals surface area contributed by atoms with Crippen molar-refractivity contribution in [3.8, 4) is 0 Å². The monoisotopic (exact) mass is 230 g/mol. The van der Waals surface area contributed by atoms with Crippen molar-refractivity contribution < 1.29 is 9.90 Å². The number of aliphatic hydroxyl groups excluding tert-OH is 1. The average Bonchev–Trinajstić information content (AvgIpc) is 2.23. The van der Waals surface area contributed by atoms with E-state index in [1.165, 1.54) is 0 Å². The van der Waals surface area contributed by atoms with E-state index in [1.54, 1.807) is 0 Å². The summed E-state index contributed by atoms with van der Waals surface area (Å²) in [7, 11) is 3.83. The van der Waals surface area contributed by atoms with Crippen LogP contribution in [0.2, 0.25) is 0 Å². The fraction of sp³-hybridized carbons (Fsp3) is 0.917. The highest BCUT2D eigenvalue weighted by atomic mass is 16.3. The molecule has 0 aliphatic carbocycles. The van der Waals surface area contributed by atoms with E-state index >= 15 is 0 Å². The van der Waals surface area contributed by atoms with Gasteiger partial charge in [0.1, 0.15) is 0 Å². The molecule has 16 heavy (non-hydrogen) atoms. The van der Waals surface area contributed by atoms with Gasteiger partial charge >= 0.3 is 0 Å². The van der Waals surface area contributed by atoms with Crippen LogP contribution in [0.15, 0.2) is 0 Å². The molecule has 0 saturated carbocycles. The largest absolute Gasteiger partial charge is 0.396 e. The minimum Gasteiger partial charge on any atom is -0.396 e. The fourth-order valence-corrected chi connectivity index (χ4v) is 1.52. The van der Waals surface area contributed by atoms with Crippen molar-refractivity contribution in [1.82, 2.24) is 10.2 Å². The van der Waals surface area contributed by atoms with Gasteiger partial charge in [-0.3, -0.25) is 9.69 Å². The second kappa shape index (κ2) is 7.63. The van der Waals surface area contributed by atoms with E-state index < -0.39 is 0 Å². The number of rotatable bonds is 7. The predicted molar refractivity (Wildman–Crippen MR) is 66.2 cm³/mol. The highest BCUT2D eigenvalue weighted by Gasteiger charge is 2.22. The van der Waals surface area contributed by atoms with Crippen molar-refractivity contribution in [2.75, 3.05) is 20.7 Å².